The number of fused-ring (bicyclic) bond motifs is 1. The lowest BCUT2D eigenvalue weighted by Crippen LogP contribution is -2.49. The molecule has 4 heteroatoms. The maximum atomic E-state index is 11.4. The van der Waals surface area contributed by atoms with Gasteiger partial charge in [0, 0.05) is 18.3 Å². The molecule has 4 rings (SSSR count). The molecule has 1 unspecified atom stereocenters. The topological polar surface area (TPSA) is 49.8 Å². The average Bonchev–Trinajstić information content (AvgIpc) is 2.83. The number of hydrogen-bond donors (Lipinski definition) is 1. The minimum Gasteiger partial charge on any atom is -0.508 e. The van der Waals surface area contributed by atoms with Crippen molar-refractivity contribution in [1.29, 1.82) is 0 Å². The lowest BCUT2D eigenvalue weighted by Gasteiger charge is -2.48. The third kappa shape index (κ3) is 4.38. The Hall–Kier alpha value is -3.53. The maximum absolute atomic E-state index is 11.4. The molecule has 3 aromatic carbocycles. The molecule has 3 aromatic rings. The second-order valence-corrected chi connectivity index (χ2v) is 9.04. The molecule has 0 spiro atoms. The molecule has 0 radical (unpaired) electrons. The highest BCUT2D eigenvalue weighted by molar-refractivity contribution is 5.86. The number of ether oxygens (including phenoxy) is 1. The Morgan fingerprint density at radius 1 is 1.06 bits per heavy atom. The van der Waals surface area contributed by atoms with Gasteiger partial charge in [0.05, 0.1) is 12.6 Å². The van der Waals surface area contributed by atoms with Crippen LogP contribution in [-0.2, 0) is 21.5 Å². The summed E-state index contributed by atoms with van der Waals surface area (Å²) in [4.78, 5) is 13.9. The van der Waals surface area contributed by atoms with Gasteiger partial charge in [-0.25, -0.2) is 4.79 Å². The molecule has 1 N–H and O–H groups in total. The number of phenolic OH excluding ortho intramolecular Hbond substituents is 1. The van der Waals surface area contributed by atoms with E-state index < -0.39 is 5.54 Å². The van der Waals surface area contributed by atoms with Crippen molar-refractivity contribution >= 4 is 17.7 Å². The van der Waals surface area contributed by atoms with Crippen molar-refractivity contribution < 1.29 is 14.6 Å². The van der Waals surface area contributed by atoms with Crippen molar-refractivity contribution in [2.75, 3.05) is 18.6 Å². The van der Waals surface area contributed by atoms with Crippen LogP contribution in [0.25, 0.3) is 6.08 Å². The van der Waals surface area contributed by atoms with Crippen molar-refractivity contribution in [2.24, 2.45) is 0 Å². The fraction of sp³-hybridized carbons (Fsp3) is 0.276. The van der Waals surface area contributed by atoms with Crippen LogP contribution in [0.5, 0.6) is 5.75 Å². The molecule has 0 saturated carbocycles. The second-order valence-electron chi connectivity index (χ2n) is 9.04. The molecule has 1 atom stereocenters. The standard InChI is InChI=1S/C29H31NO3/c1-20(2)22-8-12-25(13-9-22)30-18-17-23-19-26(31)14-15-27(23)29(30,3)24-10-5-21(6-11-24)7-16-28(32)33-4/h5-16,19-20,31H,17-18H2,1-4H3. The van der Waals surface area contributed by atoms with Crippen LogP contribution >= 0.6 is 0 Å². The van der Waals surface area contributed by atoms with Gasteiger partial charge in [-0.2, -0.15) is 0 Å². The van der Waals surface area contributed by atoms with E-state index in [4.69, 9.17) is 0 Å². The van der Waals surface area contributed by atoms with Gasteiger partial charge in [0.1, 0.15) is 5.75 Å². The van der Waals surface area contributed by atoms with Gasteiger partial charge in [0.15, 0.2) is 0 Å². The highest BCUT2D eigenvalue weighted by atomic mass is 16.5. The molecule has 0 saturated heterocycles. The van der Waals surface area contributed by atoms with E-state index in [0.29, 0.717) is 11.7 Å². The summed E-state index contributed by atoms with van der Waals surface area (Å²) in [5.74, 6) is 0.415. The molecule has 0 aromatic heterocycles. The largest absolute Gasteiger partial charge is 0.508 e. The zero-order valence-electron chi connectivity index (χ0n) is 19.7. The van der Waals surface area contributed by atoms with E-state index in [2.05, 4.69) is 66.8 Å². The van der Waals surface area contributed by atoms with Crippen molar-refractivity contribution in [3.8, 4) is 5.75 Å². The van der Waals surface area contributed by atoms with E-state index in [9.17, 15) is 9.90 Å². The van der Waals surface area contributed by atoms with Gasteiger partial charge in [-0.05, 0) is 77.4 Å². The monoisotopic (exact) mass is 441 g/mol. The molecule has 0 fully saturated rings. The van der Waals surface area contributed by atoms with Crippen LogP contribution in [0.4, 0.5) is 5.69 Å². The summed E-state index contributed by atoms with van der Waals surface area (Å²) in [7, 11) is 1.37. The maximum Gasteiger partial charge on any atom is 0.330 e. The first-order chi connectivity index (χ1) is 15.8. The van der Waals surface area contributed by atoms with Crippen LogP contribution in [-0.4, -0.2) is 24.7 Å². The van der Waals surface area contributed by atoms with Crippen LogP contribution < -0.4 is 4.90 Å². The predicted molar refractivity (Wildman–Crippen MR) is 134 cm³/mol. The Balaban J connectivity index is 1.79. The van der Waals surface area contributed by atoms with Gasteiger partial charge in [0.2, 0.25) is 0 Å². The van der Waals surface area contributed by atoms with Crippen LogP contribution in [0.1, 0.15) is 54.5 Å². The van der Waals surface area contributed by atoms with Crippen molar-refractivity contribution in [2.45, 2.75) is 38.6 Å². The zero-order valence-corrected chi connectivity index (χ0v) is 19.7. The Morgan fingerprint density at radius 2 is 1.76 bits per heavy atom. The first-order valence-electron chi connectivity index (χ1n) is 11.4. The summed E-state index contributed by atoms with van der Waals surface area (Å²) in [6.07, 6.45) is 4.05. The van der Waals surface area contributed by atoms with E-state index >= 15 is 0 Å². The van der Waals surface area contributed by atoms with E-state index in [1.807, 2.05) is 24.3 Å². The summed E-state index contributed by atoms with van der Waals surface area (Å²) in [5, 5.41) is 10.1. The molecule has 170 valence electrons. The predicted octanol–water partition coefficient (Wildman–Crippen LogP) is 6.03. The van der Waals surface area contributed by atoms with Crippen LogP contribution in [0.15, 0.2) is 72.8 Å². The van der Waals surface area contributed by atoms with Crippen LogP contribution in [0, 0.1) is 0 Å². The summed E-state index contributed by atoms with van der Waals surface area (Å²) < 4.78 is 4.69. The molecule has 0 bridgehead atoms. The first-order valence-corrected chi connectivity index (χ1v) is 11.4. The number of esters is 1. The number of benzene rings is 3. The summed E-state index contributed by atoms with van der Waals surface area (Å²) in [6, 6.07) is 22.9. The average molecular weight is 442 g/mol. The van der Waals surface area contributed by atoms with Crippen LogP contribution in [0.2, 0.25) is 0 Å². The van der Waals surface area contributed by atoms with Crippen LogP contribution in [0.3, 0.4) is 0 Å². The number of phenols is 1. The fourth-order valence-electron chi connectivity index (χ4n) is 4.75. The van der Waals surface area contributed by atoms with Gasteiger partial charge in [-0.1, -0.05) is 56.3 Å². The van der Waals surface area contributed by atoms with Crippen molar-refractivity contribution in [3.05, 3.63) is 101 Å². The quantitative estimate of drug-likeness (QED) is 0.388. The number of methoxy groups -OCH3 is 1. The van der Waals surface area contributed by atoms with Gasteiger partial charge in [-0.15, -0.1) is 0 Å². The smallest absolute Gasteiger partial charge is 0.330 e. The van der Waals surface area contributed by atoms with Gasteiger partial charge >= 0.3 is 5.97 Å². The molecular weight excluding hydrogens is 410 g/mol. The Bertz CT molecular complexity index is 1160. The van der Waals surface area contributed by atoms with Crippen molar-refractivity contribution in [3.63, 3.8) is 0 Å². The SMILES string of the molecule is COC(=O)C=Cc1ccc(C2(C)c3ccc(O)cc3CCN2c2ccc(C(C)C)cc2)cc1. The minimum absolute atomic E-state index is 0.300. The number of hydrogen-bond acceptors (Lipinski definition) is 4. The Labute approximate surface area is 196 Å². The summed E-state index contributed by atoms with van der Waals surface area (Å²) in [5.41, 5.74) is 6.53. The molecule has 0 amide bonds. The van der Waals surface area contributed by atoms with Gasteiger partial charge in [-0.3, -0.25) is 0 Å². The number of aromatic hydroxyl groups is 1. The van der Waals surface area contributed by atoms with E-state index in [1.165, 1.54) is 35.6 Å². The lowest BCUT2D eigenvalue weighted by molar-refractivity contribution is -0.134. The highest BCUT2D eigenvalue weighted by Crippen LogP contribution is 2.44. The summed E-state index contributed by atoms with van der Waals surface area (Å²) in [6.45, 7) is 7.51. The lowest BCUT2D eigenvalue weighted by atomic mass is 9.76. The number of anilines is 1. The molecule has 1 aliphatic rings. The van der Waals surface area contributed by atoms with E-state index in [-0.39, 0.29) is 5.97 Å². The third-order valence-corrected chi connectivity index (χ3v) is 6.72. The molecular formula is C29H31NO3. The Kier molecular flexibility index (Phi) is 6.28. The second kappa shape index (κ2) is 9.14. The van der Waals surface area contributed by atoms with E-state index in [0.717, 1.165) is 24.1 Å². The zero-order chi connectivity index (χ0) is 23.6. The molecule has 1 heterocycles. The molecule has 4 nitrogen and oxygen atoms in total. The highest BCUT2D eigenvalue weighted by Gasteiger charge is 2.40. The molecule has 1 aliphatic heterocycles. The van der Waals surface area contributed by atoms with E-state index in [1.54, 1.807) is 12.1 Å². The fourth-order valence-corrected chi connectivity index (χ4v) is 4.75. The molecule has 0 aliphatic carbocycles. The summed E-state index contributed by atoms with van der Waals surface area (Å²) >= 11 is 0. The first kappa shape index (κ1) is 22.7. The number of carbonyl (C=O) groups is 1. The normalized spacial score (nSPS) is 17.9. The van der Waals surface area contributed by atoms with Crippen molar-refractivity contribution in [1.82, 2.24) is 0 Å². The number of carbonyl (C=O) groups excluding carboxylic acids is 1. The van der Waals surface area contributed by atoms with Gasteiger partial charge < -0.3 is 14.7 Å². The van der Waals surface area contributed by atoms with Gasteiger partial charge in [0.25, 0.3) is 0 Å². The minimum atomic E-state index is -0.411. The number of rotatable bonds is 5. The molecule has 33 heavy (non-hydrogen) atoms. The Morgan fingerprint density at radius 3 is 2.39 bits per heavy atom. The number of nitrogens with zero attached hydrogens (tertiary/aromatic N) is 1. The third-order valence-electron chi connectivity index (χ3n) is 6.72.